The van der Waals surface area contributed by atoms with Crippen LogP contribution in [0.1, 0.15) is 5.56 Å². The molecular formula is C12H8B6ClNO2. The van der Waals surface area contributed by atoms with Gasteiger partial charge in [0.25, 0.3) is 6.13 Å². The molecule has 1 heterocycles. The van der Waals surface area contributed by atoms with Gasteiger partial charge in [-0.1, -0.05) is 34.9 Å². The second-order valence-electron chi connectivity index (χ2n) is 6.20. The Hall–Kier alpha value is -0.510. The van der Waals surface area contributed by atoms with Crippen molar-refractivity contribution < 1.29 is 9.90 Å². The third-order valence-corrected chi connectivity index (χ3v) is 5.78. The Morgan fingerprint density at radius 3 is 2.32 bits per heavy atom. The minimum absolute atomic E-state index is 0.359. The van der Waals surface area contributed by atoms with Gasteiger partial charge in [-0.15, -0.1) is 5.21 Å². The second kappa shape index (κ2) is 4.31. The molecule has 98 valence electrons. The zero-order chi connectivity index (χ0) is 16.7. The molecule has 1 aromatic rings. The lowest BCUT2D eigenvalue weighted by atomic mass is 9.10. The van der Waals surface area contributed by atoms with Gasteiger partial charge < -0.3 is 10.8 Å². The summed E-state index contributed by atoms with van der Waals surface area (Å²) in [6, 6.07) is 6.65. The normalized spacial score (nSPS) is 38.4. The van der Waals surface area contributed by atoms with Crippen LogP contribution in [0.4, 0.5) is 0 Å². The molecule has 22 heavy (non-hydrogen) atoms. The lowest BCUT2D eigenvalue weighted by Gasteiger charge is -2.66. The fourth-order valence-corrected chi connectivity index (χ4v) is 4.18. The number of rotatable bonds is 0. The molecule has 0 saturated heterocycles. The van der Waals surface area contributed by atoms with Crippen LogP contribution in [0.15, 0.2) is 24.3 Å². The number of aliphatic hydroxyl groups is 1. The Bertz CT molecular complexity index is 685. The van der Waals surface area contributed by atoms with Crippen molar-refractivity contribution in [2.45, 2.75) is 27.3 Å². The van der Waals surface area contributed by atoms with E-state index in [0.717, 1.165) is 0 Å². The molecule has 0 bridgehead atoms. The third kappa shape index (κ3) is 1.38. The quantitative estimate of drug-likeness (QED) is 0.545. The number of carbonyl (C=O) groups excluding carboxylic acids is 1. The standard InChI is InChI=1S/C12H8B6ClNO2/c13-10(14)8(22)7(21)9(20)5-3-1-2-4-6(5)18(19)12(9,17)11(10,15)16/h1-4,8,22H,20H2. The van der Waals surface area contributed by atoms with Gasteiger partial charge in [0, 0.05) is 0 Å². The number of halogens is 1. The zero-order valence-electron chi connectivity index (χ0n) is 11.7. The van der Waals surface area contributed by atoms with Gasteiger partial charge in [-0.05, 0) is 10.8 Å². The summed E-state index contributed by atoms with van der Waals surface area (Å²) in [6.45, 7) is 0. The van der Waals surface area contributed by atoms with E-state index in [9.17, 15) is 9.90 Å². The SMILES string of the molecule is [B]C1([B])C(O)C(=O)C2(N)c3ccccc3B(Cl)C2([B])C1([B])[B]. The number of aliphatic hydroxyl groups excluding tert-OH is 1. The van der Waals surface area contributed by atoms with E-state index in [-0.39, 0.29) is 0 Å². The van der Waals surface area contributed by atoms with Crippen LogP contribution in [0.25, 0.3) is 0 Å². The van der Waals surface area contributed by atoms with Crippen LogP contribution in [-0.4, -0.2) is 62.4 Å². The Morgan fingerprint density at radius 2 is 1.73 bits per heavy atom. The van der Waals surface area contributed by atoms with E-state index in [1.807, 2.05) is 0 Å². The molecule has 10 radical (unpaired) electrons. The van der Waals surface area contributed by atoms with Gasteiger partial charge in [-0.25, -0.2) is 0 Å². The van der Waals surface area contributed by atoms with Crippen LogP contribution in [0.3, 0.4) is 0 Å². The molecule has 3 atom stereocenters. The summed E-state index contributed by atoms with van der Waals surface area (Å²) in [5.41, 5.74) is 5.31. The van der Waals surface area contributed by atoms with Crippen molar-refractivity contribution in [3.05, 3.63) is 29.8 Å². The fraction of sp³-hybridized carbons (Fsp3) is 0.417. The predicted molar refractivity (Wildman–Crippen MR) is 91.4 cm³/mol. The van der Waals surface area contributed by atoms with Crippen molar-refractivity contribution >= 4 is 68.1 Å². The van der Waals surface area contributed by atoms with Crippen molar-refractivity contribution in [2.24, 2.45) is 5.73 Å². The van der Waals surface area contributed by atoms with E-state index >= 15 is 0 Å². The summed E-state index contributed by atoms with van der Waals surface area (Å²) in [6.07, 6.45) is -2.90. The highest BCUT2D eigenvalue weighted by molar-refractivity contribution is 7.20. The fourth-order valence-electron chi connectivity index (χ4n) is 3.63. The van der Waals surface area contributed by atoms with Crippen LogP contribution in [0.5, 0.6) is 0 Å². The largest absolute Gasteiger partial charge is 0.386 e. The Kier molecular flexibility index (Phi) is 3.20. The summed E-state index contributed by atoms with van der Waals surface area (Å²) < 4.78 is 0. The van der Waals surface area contributed by atoms with Crippen LogP contribution in [0.2, 0.25) is 15.6 Å². The molecule has 3 unspecified atom stereocenters. The predicted octanol–water partition coefficient (Wildman–Crippen LogP) is -1.99. The van der Waals surface area contributed by atoms with Crippen molar-refractivity contribution in [2.75, 3.05) is 0 Å². The minimum atomic E-state index is -2.20. The Balaban J connectivity index is 2.40. The lowest BCUT2D eigenvalue weighted by Crippen LogP contribution is -2.71. The highest BCUT2D eigenvalue weighted by Crippen LogP contribution is 2.72. The summed E-state index contributed by atoms with van der Waals surface area (Å²) >= 11 is 6.46. The first-order chi connectivity index (χ1) is 9.95. The average Bonchev–Trinajstić information content (AvgIpc) is 2.66. The molecule has 0 amide bonds. The maximum Gasteiger partial charge on any atom is 0.282 e. The highest BCUT2D eigenvalue weighted by Gasteiger charge is 2.74. The number of ketones is 1. The number of Topliss-reactive ketones (excluding diaryl/α,β-unsaturated/α-hetero) is 1. The molecular weight excluding hydrogens is 290 g/mol. The maximum absolute atomic E-state index is 12.8. The van der Waals surface area contributed by atoms with Crippen LogP contribution in [-0.2, 0) is 10.3 Å². The molecule has 3 rings (SSSR count). The van der Waals surface area contributed by atoms with Gasteiger partial charge in [0.2, 0.25) is 0 Å². The number of hydrogen-bond donors (Lipinski definition) is 2. The third-order valence-electron chi connectivity index (χ3n) is 5.20. The Labute approximate surface area is 141 Å². The molecule has 1 fully saturated rings. The van der Waals surface area contributed by atoms with E-state index in [0.29, 0.717) is 11.0 Å². The molecule has 1 saturated carbocycles. The van der Waals surface area contributed by atoms with E-state index < -0.39 is 39.2 Å². The van der Waals surface area contributed by atoms with Gasteiger partial charge in [0.1, 0.15) is 6.10 Å². The van der Waals surface area contributed by atoms with Gasteiger partial charge in [-0.2, -0.15) is 11.5 Å². The number of nitrogens with two attached hydrogens (primary N) is 1. The summed E-state index contributed by atoms with van der Waals surface area (Å²) in [7, 11) is 30.3. The Morgan fingerprint density at radius 1 is 1.18 bits per heavy atom. The maximum atomic E-state index is 12.8. The first-order valence-electron chi connectivity index (χ1n) is 6.64. The van der Waals surface area contributed by atoms with Gasteiger partial charge >= 0.3 is 0 Å². The van der Waals surface area contributed by atoms with E-state index in [2.05, 4.69) is 0 Å². The number of carbonyl (C=O) groups is 1. The van der Waals surface area contributed by atoms with Gasteiger partial charge in [0.05, 0.1) is 44.8 Å². The van der Waals surface area contributed by atoms with E-state index in [1.165, 1.54) is 0 Å². The number of benzene rings is 1. The molecule has 1 aliphatic heterocycles. The van der Waals surface area contributed by atoms with Gasteiger partial charge in [-0.3, -0.25) is 4.79 Å². The smallest absolute Gasteiger partial charge is 0.282 e. The summed E-state index contributed by atoms with van der Waals surface area (Å²) in [5, 5.41) is 4.04. The molecule has 1 aliphatic carbocycles. The molecule has 0 spiro atoms. The number of hydrogen-bond acceptors (Lipinski definition) is 3. The lowest BCUT2D eigenvalue weighted by molar-refractivity contribution is -0.138. The molecule has 10 heteroatoms. The topological polar surface area (TPSA) is 63.3 Å². The molecule has 3 nitrogen and oxygen atoms in total. The van der Waals surface area contributed by atoms with Crippen molar-refractivity contribution in [1.29, 1.82) is 0 Å². The molecule has 1 aromatic carbocycles. The molecule has 2 aliphatic rings. The summed E-state index contributed by atoms with van der Waals surface area (Å²) in [5.74, 6) is -0.859. The van der Waals surface area contributed by atoms with E-state index in [1.54, 1.807) is 24.3 Å². The van der Waals surface area contributed by atoms with Crippen molar-refractivity contribution in [3.8, 4) is 0 Å². The van der Waals surface area contributed by atoms with Crippen molar-refractivity contribution in [3.63, 3.8) is 0 Å². The van der Waals surface area contributed by atoms with Crippen LogP contribution >= 0.6 is 11.5 Å². The first kappa shape index (κ1) is 16.4. The average molecular weight is 299 g/mol. The minimum Gasteiger partial charge on any atom is -0.386 e. The highest BCUT2D eigenvalue weighted by atomic mass is 35.5. The monoisotopic (exact) mass is 299 g/mol. The number of fused-ring (bicyclic) bond motifs is 3. The van der Waals surface area contributed by atoms with Crippen molar-refractivity contribution in [1.82, 2.24) is 0 Å². The van der Waals surface area contributed by atoms with E-state index in [4.69, 9.17) is 56.4 Å². The zero-order valence-corrected chi connectivity index (χ0v) is 12.4. The summed E-state index contributed by atoms with van der Waals surface area (Å²) in [4.78, 5) is 12.8. The van der Waals surface area contributed by atoms with Gasteiger partial charge in [0.15, 0.2) is 5.78 Å². The molecule has 3 N–H and O–H groups in total. The second-order valence-corrected chi connectivity index (χ2v) is 6.63. The first-order valence-corrected chi connectivity index (χ1v) is 7.08. The molecule has 0 aromatic heterocycles. The van der Waals surface area contributed by atoms with Crippen LogP contribution in [0, 0.1) is 0 Å². The van der Waals surface area contributed by atoms with Crippen LogP contribution < -0.4 is 11.2 Å².